The summed E-state index contributed by atoms with van der Waals surface area (Å²) in [4.78, 5) is 23.8. The van der Waals surface area contributed by atoms with Gasteiger partial charge < -0.3 is 5.32 Å². The number of hydrogen-bond acceptors (Lipinski definition) is 2. The van der Waals surface area contributed by atoms with Gasteiger partial charge in [0.2, 0.25) is 0 Å². The zero-order valence-corrected chi connectivity index (χ0v) is 12.4. The summed E-state index contributed by atoms with van der Waals surface area (Å²) in [5.41, 5.74) is 2.25. The lowest BCUT2D eigenvalue weighted by Crippen LogP contribution is -2.29. The molecule has 0 aliphatic rings. The minimum atomic E-state index is -0.240. The highest BCUT2D eigenvalue weighted by Gasteiger charge is 2.09. The van der Waals surface area contributed by atoms with Crippen LogP contribution < -0.4 is 5.32 Å². The van der Waals surface area contributed by atoms with Gasteiger partial charge in [-0.25, -0.2) is 0 Å². The highest BCUT2D eigenvalue weighted by atomic mass is 79.9. The SMILES string of the molecule is O=C(CNC(=O)c1ccc(CBr)cc1)c1ccccc1. The number of hydrogen-bond donors (Lipinski definition) is 1. The average molecular weight is 332 g/mol. The summed E-state index contributed by atoms with van der Waals surface area (Å²) < 4.78 is 0. The monoisotopic (exact) mass is 331 g/mol. The van der Waals surface area contributed by atoms with Crippen LogP contribution in [0, 0.1) is 0 Å². The number of nitrogens with one attached hydrogen (secondary N) is 1. The van der Waals surface area contributed by atoms with E-state index < -0.39 is 0 Å². The van der Waals surface area contributed by atoms with Crippen LogP contribution in [0.4, 0.5) is 0 Å². The standard InChI is InChI=1S/C16H14BrNO2/c17-10-12-6-8-14(9-7-12)16(20)18-11-15(19)13-4-2-1-3-5-13/h1-9H,10-11H2,(H,18,20). The smallest absolute Gasteiger partial charge is 0.251 e. The zero-order chi connectivity index (χ0) is 14.4. The summed E-state index contributed by atoms with van der Waals surface area (Å²) in [6.07, 6.45) is 0. The van der Waals surface area contributed by atoms with Crippen molar-refractivity contribution in [2.75, 3.05) is 6.54 Å². The normalized spacial score (nSPS) is 10.1. The molecular weight excluding hydrogens is 318 g/mol. The number of rotatable bonds is 5. The largest absolute Gasteiger partial charge is 0.345 e. The van der Waals surface area contributed by atoms with Crippen molar-refractivity contribution in [2.45, 2.75) is 5.33 Å². The first kappa shape index (κ1) is 14.5. The first-order valence-corrected chi connectivity index (χ1v) is 7.34. The molecule has 3 nitrogen and oxygen atoms in total. The van der Waals surface area contributed by atoms with E-state index in [-0.39, 0.29) is 18.2 Å². The van der Waals surface area contributed by atoms with Gasteiger partial charge in [-0.2, -0.15) is 0 Å². The molecule has 0 aliphatic carbocycles. The van der Waals surface area contributed by atoms with Crippen molar-refractivity contribution in [3.05, 3.63) is 71.3 Å². The quantitative estimate of drug-likeness (QED) is 0.675. The number of benzene rings is 2. The molecule has 2 aromatic rings. The summed E-state index contributed by atoms with van der Waals surface area (Å²) in [5.74, 6) is -0.341. The lowest BCUT2D eigenvalue weighted by Gasteiger charge is -2.05. The first-order chi connectivity index (χ1) is 9.70. The Bertz CT molecular complexity index is 594. The molecule has 0 aromatic heterocycles. The van der Waals surface area contributed by atoms with Crippen LogP contribution in [0.5, 0.6) is 0 Å². The molecule has 1 N–H and O–H groups in total. The number of carbonyl (C=O) groups is 2. The van der Waals surface area contributed by atoms with Crippen molar-refractivity contribution in [1.82, 2.24) is 5.32 Å². The zero-order valence-electron chi connectivity index (χ0n) is 10.8. The summed E-state index contributed by atoms with van der Waals surface area (Å²) in [7, 11) is 0. The fraction of sp³-hybridized carbons (Fsp3) is 0.125. The Labute approximate surface area is 126 Å². The number of alkyl halides is 1. The van der Waals surface area contributed by atoms with Gasteiger partial charge in [0.1, 0.15) is 0 Å². The van der Waals surface area contributed by atoms with Crippen molar-refractivity contribution in [3.63, 3.8) is 0 Å². The Kier molecular flexibility index (Phi) is 5.07. The van der Waals surface area contributed by atoms with Crippen LogP contribution >= 0.6 is 15.9 Å². The van der Waals surface area contributed by atoms with Crippen LogP contribution in [-0.2, 0) is 5.33 Å². The van der Waals surface area contributed by atoms with Crippen LogP contribution in [0.15, 0.2) is 54.6 Å². The highest BCUT2D eigenvalue weighted by molar-refractivity contribution is 9.08. The number of halogens is 1. The minimum absolute atomic E-state index is 0.00302. The predicted octanol–water partition coefficient (Wildman–Crippen LogP) is 3.19. The van der Waals surface area contributed by atoms with Gasteiger partial charge in [0.15, 0.2) is 5.78 Å². The molecule has 0 bridgehead atoms. The van der Waals surface area contributed by atoms with E-state index in [9.17, 15) is 9.59 Å². The molecule has 1 amide bonds. The van der Waals surface area contributed by atoms with Gasteiger partial charge in [-0.3, -0.25) is 9.59 Å². The summed E-state index contributed by atoms with van der Waals surface area (Å²) >= 11 is 3.35. The van der Waals surface area contributed by atoms with E-state index in [0.29, 0.717) is 11.1 Å². The maximum atomic E-state index is 11.9. The molecular formula is C16H14BrNO2. The molecule has 2 rings (SSSR count). The van der Waals surface area contributed by atoms with Gasteiger partial charge in [0.05, 0.1) is 6.54 Å². The maximum absolute atomic E-state index is 11.9. The number of Topliss-reactive ketones (excluding diaryl/α,β-unsaturated/α-hetero) is 1. The summed E-state index contributed by atoms with van der Waals surface area (Å²) in [6.45, 7) is 0.00302. The van der Waals surface area contributed by atoms with E-state index in [1.54, 1.807) is 36.4 Å². The van der Waals surface area contributed by atoms with E-state index in [2.05, 4.69) is 21.2 Å². The van der Waals surface area contributed by atoms with Crippen LogP contribution in [0.1, 0.15) is 26.3 Å². The van der Waals surface area contributed by atoms with Crippen LogP contribution in [-0.4, -0.2) is 18.2 Å². The predicted molar refractivity (Wildman–Crippen MR) is 82.2 cm³/mol. The van der Waals surface area contributed by atoms with E-state index >= 15 is 0 Å². The van der Waals surface area contributed by atoms with Crippen LogP contribution in [0.25, 0.3) is 0 Å². The van der Waals surface area contributed by atoms with Gasteiger partial charge in [0.25, 0.3) is 5.91 Å². The van der Waals surface area contributed by atoms with E-state index in [0.717, 1.165) is 10.9 Å². The molecule has 2 aromatic carbocycles. The second-order valence-electron chi connectivity index (χ2n) is 4.30. The van der Waals surface area contributed by atoms with Crippen molar-refractivity contribution in [1.29, 1.82) is 0 Å². The molecule has 0 aliphatic heterocycles. The fourth-order valence-electron chi connectivity index (χ4n) is 1.73. The minimum Gasteiger partial charge on any atom is -0.345 e. The first-order valence-electron chi connectivity index (χ1n) is 6.22. The highest BCUT2D eigenvalue weighted by Crippen LogP contribution is 2.08. The van der Waals surface area contributed by atoms with Gasteiger partial charge in [-0.05, 0) is 17.7 Å². The van der Waals surface area contributed by atoms with Gasteiger partial charge in [-0.1, -0.05) is 58.4 Å². The van der Waals surface area contributed by atoms with Gasteiger partial charge in [-0.15, -0.1) is 0 Å². The lowest BCUT2D eigenvalue weighted by molar-refractivity contribution is 0.0904. The molecule has 20 heavy (non-hydrogen) atoms. The summed E-state index contributed by atoms with van der Waals surface area (Å²) in [5, 5.41) is 3.39. The number of amides is 1. The third-order valence-corrected chi connectivity index (χ3v) is 3.52. The molecule has 0 atom stereocenters. The van der Waals surface area contributed by atoms with Crippen molar-refractivity contribution < 1.29 is 9.59 Å². The molecule has 0 spiro atoms. The second-order valence-corrected chi connectivity index (χ2v) is 4.86. The molecule has 0 radical (unpaired) electrons. The third-order valence-electron chi connectivity index (χ3n) is 2.88. The third kappa shape index (κ3) is 3.78. The molecule has 0 saturated heterocycles. The molecule has 0 unspecified atom stereocenters. The molecule has 0 saturated carbocycles. The number of carbonyl (C=O) groups excluding carboxylic acids is 2. The fourth-order valence-corrected chi connectivity index (χ4v) is 2.11. The Hall–Kier alpha value is -1.94. The topological polar surface area (TPSA) is 46.2 Å². The van der Waals surface area contributed by atoms with Crippen LogP contribution in [0.2, 0.25) is 0 Å². The lowest BCUT2D eigenvalue weighted by atomic mass is 10.1. The van der Waals surface area contributed by atoms with Gasteiger partial charge >= 0.3 is 0 Å². The van der Waals surface area contributed by atoms with E-state index in [4.69, 9.17) is 0 Å². The Morgan fingerprint density at radius 3 is 2.15 bits per heavy atom. The Balaban J connectivity index is 1.93. The maximum Gasteiger partial charge on any atom is 0.251 e. The van der Waals surface area contributed by atoms with Crippen molar-refractivity contribution in [2.24, 2.45) is 0 Å². The van der Waals surface area contributed by atoms with E-state index in [1.165, 1.54) is 0 Å². The molecule has 4 heteroatoms. The van der Waals surface area contributed by atoms with Gasteiger partial charge in [0, 0.05) is 16.5 Å². The van der Waals surface area contributed by atoms with E-state index in [1.807, 2.05) is 18.2 Å². The summed E-state index contributed by atoms with van der Waals surface area (Å²) in [6, 6.07) is 16.2. The second kappa shape index (κ2) is 7.01. The van der Waals surface area contributed by atoms with Crippen molar-refractivity contribution >= 4 is 27.6 Å². The molecule has 102 valence electrons. The molecule has 0 fully saturated rings. The Morgan fingerprint density at radius 1 is 0.900 bits per heavy atom. The Morgan fingerprint density at radius 2 is 1.55 bits per heavy atom. The average Bonchev–Trinajstić information content (AvgIpc) is 2.53. The van der Waals surface area contributed by atoms with Crippen molar-refractivity contribution in [3.8, 4) is 0 Å². The molecule has 0 heterocycles. The van der Waals surface area contributed by atoms with Crippen LogP contribution in [0.3, 0.4) is 0 Å². The number of ketones is 1.